The van der Waals surface area contributed by atoms with E-state index in [-0.39, 0.29) is 39.3 Å². The number of hydrogen-bond donors (Lipinski definition) is 6. The van der Waals surface area contributed by atoms with E-state index in [0.717, 1.165) is 0 Å². The van der Waals surface area contributed by atoms with Crippen molar-refractivity contribution in [1.82, 2.24) is 30.5 Å². The highest BCUT2D eigenvalue weighted by Gasteiger charge is 2.36. The lowest BCUT2D eigenvalue weighted by Gasteiger charge is -2.36. The summed E-state index contributed by atoms with van der Waals surface area (Å²) in [6.45, 7) is 1.12. The molecule has 0 bridgehead atoms. The monoisotopic (exact) mass is 459 g/mol. The van der Waals surface area contributed by atoms with Crippen molar-refractivity contribution in [2.45, 2.75) is 0 Å². The topological polar surface area (TPSA) is 109 Å². The largest absolute Gasteiger partial charge is 0.242 e. The molecule has 9 nitrogen and oxygen atoms in total. The van der Waals surface area contributed by atoms with Crippen LogP contribution in [-0.2, 0) is 0 Å². The quantitative estimate of drug-likeness (QED) is 0.193. The van der Waals surface area contributed by atoms with Gasteiger partial charge in [0.25, 0.3) is 0 Å². The van der Waals surface area contributed by atoms with Gasteiger partial charge in [-0.05, 0) is 0 Å². The first kappa shape index (κ1) is 25.8. The van der Waals surface area contributed by atoms with Gasteiger partial charge in [-0.15, -0.1) is 38.5 Å². The smallest absolute Gasteiger partial charge is 0.217 e. The Labute approximate surface area is 180 Å². The maximum absolute atomic E-state index is 5.47. The lowest BCUT2D eigenvalue weighted by atomic mass is 10.7. The minimum Gasteiger partial charge on any atom is -0.242 e. The van der Waals surface area contributed by atoms with Crippen molar-refractivity contribution in [2.24, 2.45) is 13.5 Å². The zero-order valence-electron chi connectivity index (χ0n) is 16.4. The molecular weight excluding hydrogens is 435 g/mol. The van der Waals surface area contributed by atoms with E-state index in [0.29, 0.717) is 0 Å². The van der Waals surface area contributed by atoms with Crippen LogP contribution in [0.15, 0.2) is 13.5 Å². The number of terminal acetylenes is 6. The molecule has 0 aromatic carbocycles. The summed E-state index contributed by atoms with van der Waals surface area (Å²) < 4.78 is 14.7. The lowest BCUT2D eigenvalue weighted by molar-refractivity contribution is 0.969. The van der Waals surface area contributed by atoms with E-state index in [4.69, 9.17) is 52.1 Å². The Balaban J connectivity index is 3.87. The zero-order chi connectivity index (χ0) is 22.3. The average Bonchev–Trinajstić information content (AvgIpc) is 2.76. The van der Waals surface area contributed by atoms with Crippen molar-refractivity contribution >= 4 is 22.5 Å². The molecule has 0 spiro atoms. The van der Waals surface area contributed by atoms with Gasteiger partial charge in [0.05, 0.1) is 39.3 Å². The Hall–Kier alpha value is -2.19. The molecule has 30 heavy (non-hydrogen) atoms. The molecule has 0 amide bonds. The Morgan fingerprint density at radius 2 is 0.567 bits per heavy atom. The molecule has 0 aromatic rings. The van der Waals surface area contributed by atoms with Crippen LogP contribution in [-0.4, -0.2) is 39.3 Å². The lowest BCUT2D eigenvalue weighted by Crippen LogP contribution is -2.31. The van der Waals surface area contributed by atoms with Crippen molar-refractivity contribution in [2.75, 3.05) is 39.3 Å². The first-order valence-corrected chi connectivity index (χ1v) is 13.6. The van der Waals surface area contributed by atoms with Crippen molar-refractivity contribution in [3.63, 3.8) is 0 Å². The van der Waals surface area contributed by atoms with E-state index >= 15 is 0 Å². The van der Waals surface area contributed by atoms with Gasteiger partial charge < -0.3 is 0 Å². The number of hydrogen-bond acceptors (Lipinski definition) is 9. The molecule has 1 aliphatic rings. The zero-order valence-corrected chi connectivity index (χ0v) is 19.1. The van der Waals surface area contributed by atoms with Gasteiger partial charge in [0, 0.05) is 0 Å². The van der Waals surface area contributed by atoms with Crippen molar-refractivity contribution in [3.05, 3.63) is 0 Å². The summed E-state index contributed by atoms with van der Waals surface area (Å²) in [6, 6.07) is 0. The molecule has 1 aliphatic heterocycles. The van der Waals surface area contributed by atoms with E-state index < -0.39 is 22.5 Å². The van der Waals surface area contributed by atoms with E-state index in [2.05, 4.69) is 66.0 Å². The molecule has 0 saturated heterocycles. The molecule has 0 aromatic heterocycles. The van der Waals surface area contributed by atoms with Gasteiger partial charge in [0.2, 0.25) is 22.5 Å². The third-order valence-electron chi connectivity index (χ3n) is 3.19. The fourth-order valence-corrected chi connectivity index (χ4v) is 13.2. The van der Waals surface area contributed by atoms with E-state index in [1.807, 2.05) is 0 Å². The summed E-state index contributed by atoms with van der Waals surface area (Å²) in [6.07, 6.45) is 32.8. The number of nitrogens with one attached hydrogen (secondary N) is 6. The molecule has 6 N–H and O–H groups in total. The van der Waals surface area contributed by atoms with E-state index in [1.165, 1.54) is 0 Å². The summed E-state index contributed by atoms with van der Waals surface area (Å²) in [7, 11) is -8.64. The Morgan fingerprint density at radius 1 is 0.400 bits per heavy atom. The molecular formula is C18H24N9P3. The van der Waals surface area contributed by atoms with Crippen molar-refractivity contribution < 1.29 is 0 Å². The molecule has 0 aliphatic carbocycles. The second-order valence-corrected chi connectivity index (χ2v) is 13.0. The summed E-state index contributed by atoms with van der Waals surface area (Å²) in [4.78, 5) is 0. The maximum Gasteiger partial charge on any atom is 0.217 e. The van der Waals surface area contributed by atoms with Crippen molar-refractivity contribution in [1.29, 1.82) is 0 Å². The van der Waals surface area contributed by atoms with Crippen LogP contribution in [0.4, 0.5) is 0 Å². The fraction of sp³-hybridized carbons (Fsp3) is 0.333. The van der Waals surface area contributed by atoms with Crippen LogP contribution in [0.1, 0.15) is 0 Å². The van der Waals surface area contributed by atoms with Gasteiger partial charge in [-0.1, -0.05) is 35.5 Å². The average molecular weight is 459 g/mol. The molecule has 0 saturated carbocycles. The van der Waals surface area contributed by atoms with Gasteiger partial charge in [-0.25, -0.2) is 30.5 Å². The first-order chi connectivity index (χ1) is 14.5. The Kier molecular flexibility index (Phi) is 11.4. The number of nitrogens with zero attached hydrogens (tertiary/aromatic N) is 3. The second-order valence-electron chi connectivity index (χ2n) is 5.31. The SMILES string of the molecule is C#CCNP1(NCC#C)=NP(NCC#C)(NCC#C)=NP(NCC#C)(NCC#C)=N1. The van der Waals surface area contributed by atoms with Crippen LogP contribution >= 0.6 is 22.5 Å². The van der Waals surface area contributed by atoms with Gasteiger partial charge in [-0.3, -0.25) is 0 Å². The normalized spacial score (nSPS) is 17.0. The molecule has 0 fully saturated rings. The molecule has 0 unspecified atom stereocenters. The highest BCUT2D eigenvalue weighted by Crippen LogP contribution is 2.70. The molecule has 1 heterocycles. The molecule has 0 atom stereocenters. The van der Waals surface area contributed by atoms with E-state index in [1.54, 1.807) is 0 Å². The van der Waals surface area contributed by atoms with Gasteiger partial charge in [0.1, 0.15) is 0 Å². The van der Waals surface area contributed by atoms with Crippen LogP contribution in [0.5, 0.6) is 0 Å². The minimum atomic E-state index is -2.88. The standard InChI is InChI=1S/C18H24N9P3/c1-7-13-19-28(20-14-8-2)25-29(21-15-9-3,22-16-10-4)27-30(26-28,23-17-11-5)24-18-12-6/h1-6,19-24H,13-18H2. The third kappa shape index (κ3) is 7.57. The predicted molar refractivity (Wildman–Crippen MR) is 129 cm³/mol. The van der Waals surface area contributed by atoms with Gasteiger partial charge in [0.15, 0.2) is 0 Å². The van der Waals surface area contributed by atoms with Crippen LogP contribution in [0.2, 0.25) is 0 Å². The second kappa shape index (κ2) is 13.2. The van der Waals surface area contributed by atoms with E-state index in [9.17, 15) is 0 Å². The highest BCUT2D eigenvalue weighted by molar-refractivity contribution is 7.83. The third-order valence-corrected chi connectivity index (χ3v) is 13.0. The summed E-state index contributed by atoms with van der Waals surface area (Å²) in [5.74, 6) is 15.2. The first-order valence-electron chi connectivity index (χ1n) is 8.52. The highest BCUT2D eigenvalue weighted by atomic mass is 31.3. The maximum atomic E-state index is 5.47. The van der Waals surface area contributed by atoms with Gasteiger partial charge in [-0.2, -0.15) is 13.5 Å². The number of rotatable bonds is 12. The van der Waals surface area contributed by atoms with Crippen LogP contribution in [0.25, 0.3) is 0 Å². The summed E-state index contributed by atoms with van der Waals surface area (Å²) >= 11 is 0. The fourth-order valence-electron chi connectivity index (χ4n) is 2.10. The van der Waals surface area contributed by atoms with Crippen LogP contribution < -0.4 is 30.5 Å². The Morgan fingerprint density at radius 3 is 0.700 bits per heavy atom. The van der Waals surface area contributed by atoms with Gasteiger partial charge >= 0.3 is 0 Å². The molecule has 12 heteroatoms. The molecule has 1 rings (SSSR count). The Bertz CT molecular complexity index is 816. The molecule has 0 radical (unpaired) electrons. The summed E-state index contributed by atoms with van der Waals surface area (Å²) in [5.41, 5.74) is 0. The van der Waals surface area contributed by atoms with Crippen molar-refractivity contribution in [3.8, 4) is 74.1 Å². The summed E-state index contributed by atoms with van der Waals surface area (Å²) in [5, 5.41) is 19.2. The van der Waals surface area contributed by atoms with Crippen LogP contribution in [0, 0.1) is 74.1 Å². The predicted octanol–water partition coefficient (Wildman–Crippen LogP) is 1.18. The molecule has 156 valence electrons. The van der Waals surface area contributed by atoms with Crippen LogP contribution in [0.3, 0.4) is 0 Å². The minimum absolute atomic E-state index is 0.187.